The third-order valence-corrected chi connectivity index (χ3v) is 5.31. The molecule has 0 spiro atoms. The molecule has 1 aliphatic heterocycles. The number of nitrogens with one attached hydrogen (secondary N) is 1. The summed E-state index contributed by atoms with van der Waals surface area (Å²) in [6.45, 7) is 0.864. The van der Waals surface area contributed by atoms with E-state index >= 15 is 0 Å². The highest BCUT2D eigenvalue weighted by molar-refractivity contribution is 5.93. The van der Waals surface area contributed by atoms with Gasteiger partial charge in [-0.25, -0.2) is 4.79 Å². The lowest BCUT2D eigenvalue weighted by Gasteiger charge is -2.27. The number of pyridine rings is 1. The van der Waals surface area contributed by atoms with Gasteiger partial charge in [-0.2, -0.15) is 13.2 Å². The number of aromatic nitrogens is 1. The summed E-state index contributed by atoms with van der Waals surface area (Å²) in [6, 6.07) is 12.0. The first-order chi connectivity index (χ1) is 14.8. The Labute approximate surface area is 176 Å². The van der Waals surface area contributed by atoms with Crippen LogP contribution < -0.4 is 10.1 Å². The lowest BCUT2D eigenvalue weighted by Crippen LogP contribution is -2.21. The highest BCUT2D eigenvalue weighted by atomic mass is 19.4. The molecule has 8 heteroatoms. The van der Waals surface area contributed by atoms with Gasteiger partial charge in [0.2, 0.25) is 0 Å². The minimum Gasteiger partial charge on any atom is -0.493 e. The Kier molecular flexibility index (Phi) is 5.54. The van der Waals surface area contributed by atoms with Crippen LogP contribution in [-0.2, 0) is 6.18 Å². The van der Waals surface area contributed by atoms with Crippen LogP contribution in [0.1, 0.15) is 33.8 Å². The van der Waals surface area contributed by atoms with Crippen LogP contribution in [0.2, 0.25) is 0 Å². The Hall–Kier alpha value is -3.55. The van der Waals surface area contributed by atoms with Crippen LogP contribution in [0.3, 0.4) is 0 Å². The number of carboxylic acids is 1. The number of aromatic carboxylic acids is 1. The second-order valence-corrected chi connectivity index (χ2v) is 7.24. The lowest BCUT2D eigenvalue weighted by atomic mass is 9.90. The van der Waals surface area contributed by atoms with Gasteiger partial charge in [-0.1, -0.05) is 30.3 Å². The number of hydrogen-bond donors (Lipinski definition) is 2. The van der Waals surface area contributed by atoms with Crippen molar-refractivity contribution in [2.75, 3.05) is 18.5 Å². The standard InChI is InChI=1S/C23H19F3N2O3/c24-23(25,26)19-4-2-1-3-16(19)14-5-6-17-15(8-10-31-21(17)11-14)12-28-20-13-27-9-7-18(20)22(29)30/h1-7,9,11,13,15,28H,8,10,12H2,(H,29,30)/t15-/m0/s1. The van der Waals surface area contributed by atoms with Crippen molar-refractivity contribution in [2.45, 2.75) is 18.5 Å². The number of anilines is 1. The molecular weight excluding hydrogens is 409 g/mol. The van der Waals surface area contributed by atoms with Crippen LogP contribution in [0.25, 0.3) is 11.1 Å². The van der Waals surface area contributed by atoms with Crippen LogP contribution in [0.15, 0.2) is 60.9 Å². The third kappa shape index (κ3) is 4.33. The summed E-state index contributed by atoms with van der Waals surface area (Å²) >= 11 is 0. The largest absolute Gasteiger partial charge is 0.493 e. The Balaban J connectivity index is 1.60. The molecule has 0 fully saturated rings. The summed E-state index contributed by atoms with van der Waals surface area (Å²) < 4.78 is 45.9. The first kappa shape index (κ1) is 20.7. The SMILES string of the molecule is O=C(O)c1ccncc1NC[C@@H]1CCOc2cc(-c3ccccc3C(F)(F)F)ccc21. The van der Waals surface area contributed by atoms with Gasteiger partial charge in [0.15, 0.2) is 0 Å². The molecule has 0 unspecified atom stereocenters. The molecule has 160 valence electrons. The van der Waals surface area contributed by atoms with E-state index in [1.807, 2.05) is 0 Å². The van der Waals surface area contributed by atoms with Gasteiger partial charge in [0.05, 0.1) is 29.6 Å². The van der Waals surface area contributed by atoms with Gasteiger partial charge in [0.1, 0.15) is 5.75 Å². The minimum atomic E-state index is -4.45. The zero-order valence-corrected chi connectivity index (χ0v) is 16.3. The molecule has 31 heavy (non-hydrogen) atoms. The van der Waals surface area contributed by atoms with E-state index in [0.717, 1.165) is 11.6 Å². The number of carbonyl (C=O) groups is 1. The Morgan fingerprint density at radius 3 is 2.77 bits per heavy atom. The number of benzene rings is 2. The molecule has 0 saturated heterocycles. The van der Waals surface area contributed by atoms with E-state index in [2.05, 4.69) is 10.3 Å². The monoisotopic (exact) mass is 428 g/mol. The van der Waals surface area contributed by atoms with Gasteiger partial charge >= 0.3 is 12.1 Å². The van der Waals surface area contributed by atoms with Crippen molar-refractivity contribution in [2.24, 2.45) is 0 Å². The molecular formula is C23H19F3N2O3. The van der Waals surface area contributed by atoms with Crippen molar-refractivity contribution < 1.29 is 27.8 Å². The second kappa shape index (κ2) is 8.29. The molecule has 1 atom stereocenters. The number of ether oxygens (including phenoxy) is 1. The Morgan fingerprint density at radius 2 is 2.00 bits per heavy atom. The van der Waals surface area contributed by atoms with E-state index in [1.165, 1.54) is 30.6 Å². The lowest BCUT2D eigenvalue weighted by molar-refractivity contribution is -0.137. The van der Waals surface area contributed by atoms with E-state index in [0.29, 0.717) is 36.6 Å². The molecule has 1 aliphatic rings. The molecule has 2 N–H and O–H groups in total. The maximum Gasteiger partial charge on any atom is 0.417 e. The fraction of sp³-hybridized carbons (Fsp3) is 0.217. The highest BCUT2D eigenvalue weighted by Gasteiger charge is 2.33. The van der Waals surface area contributed by atoms with Crippen LogP contribution >= 0.6 is 0 Å². The number of rotatable bonds is 5. The van der Waals surface area contributed by atoms with E-state index in [-0.39, 0.29) is 17.0 Å². The molecule has 5 nitrogen and oxygen atoms in total. The summed E-state index contributed by atoms with van der Waals surface area (Å²) in [6.07, 6.45) is -0.883. The van der Waals surface area contributed by atoms with Crippen molar-refractivity contribution in [3.8, 4) is 16.9 Å². The highest BCUT2D eigenvalue weighted by Crippen LogP contribution is 2.41. The number of carboxylic acid groups (broad SMARTS) is 1. The molecule has 0 aliphatic carbocycles. The number of fused-ring (bicyclic) bond motifs is 1. The molecule has 0 bridgehead atoms. The zero-order chi connectivity index (χ0) is 22.0. The fourth-order valence-electron chi connectivity index (χ4n) is 3.78. The van der Waals surface area contributed by atoms with Gasteiger partial charge < -0.3 is 15.2 Å². The first-order valence-corrected chi connectivity index (χ1v) is 9.69. The van der Waals surface area contributed by atoms with Gasteiger partial charge in [0, 0.05) is 18.7 Å². The molecule has 0 radical (unpaired) electrons. The summed E-state index contributed by atoms with van der Waals surface area (Å²) in [5.74, 6) is -0.500. The maximum absolute atomic E-state index is 13.4. The molecule has 2 heterocycles. The normalized spacial score (nSPS) is 15.6. The quantitative estimate of drug-likeness (QED) is 0.566. The van der Waals surface area contributed by atoms with Crippen LogP contribution in [0, 0.1) is 0 Å². The van der Waals surface area contributed by atoms with Crippen LogP contribution in [-0.4, -0.2) is 29.2 Å². The number of hydrogen-bond acceptors (Lipinski definition) is 4. The van der Waals surface area contributed by atoms with Gasteiger partial charge in [-0.05, 0) is 41.3 Å². The number of nitrogens with zero attached hydrogens (tertiary/aromatic N) is 1. The van der Waals surface area contributed by atoms with Gasteiger partial charge in [0.25, 0.3) is 0 Å². The number of halogens is 3. The average Bonchev–Trinajstić information content (AvgIpc) is 2.76. The minimum absolute atomic E-state index is 0.0116. The van der Waals surface area contributed by atoms with E-state index in [1.54, 1.807) is 24.3 Å². The third-order valence-electron chi connectivity index (χ3n) is 5.31. The molecule has 0 amide bonds. The maximum atomic E-state index is 13.4. The van der Waals surface area contributed by atoms with Crippen molar-refractivity contribution in [3.63, 3.8) is 0 Å². The van der Waals surface area contributed by atoms with Gasteiger partial charge in [-0.3, -0.25) is 4.98 Å². The second-order valence-electron chi connectivity index (χ2n) is 7.24. The first-order valence-electron chi connectivity index (χ1n) is 9.69. The van der Waals surface area contributed by atoms with Gasteiger partial charge in [-0.15, -0.1) is 0 Å². The van der Waals surface area contributed by atoms with E-state index in [9.17, 15) is 23.1 Å². The van der Waals surface area contributed by atoms with E-state index < -0.39 is 17.7 Å². The topological polar surface area (TPSA) is 71.5 Å². The van der Waals surface area contributed by atoms with E-state index in [4.69, 9.17) is 4.74 Å². The van der Waals surface area contributed by atoms with Crippen LogP contribution in [0.4, 0.5) is 18.9 Å². The summed E-state index contributed by atoms with van der Waals surface area (Å²) in [4.78, 5) is 15.3. The zero-order valence-electron chi connectivity index (χ0n) is 16.3. The molecule has 1 aromatic heterocycles. The van der Waals surface area contributed by atoms with Crippen molar-refractivity contribution in [1.29, 1.82) is 0 Å². The molecule has 0 saturated carbocycles. The van der Waals surface area contributed by atoms with Crippen LogP contribution in [0.5, 0.6) is 5.75 Å². The molecule has 4 rings (SSSR count). The Bertz CT molecular complexity index is 1120. The predicted octanol–water partition coefficient (Wildman–Crippen LogP) is 5.44. The summed E-state index contributed by atoms with van der Waals surface area (Å²) in [7, 11) is 0. The molecule has 2 aromatic carbocycles. The Morgan fingerprint density at radius 1 is 1.19 bits per heavy atom. The number of alkyl halides is 3. The summed E-state index contributed by atoms with van der Waals surface area (Å²) in [5.41, 5.74) is 1.25. The smallest absolute Gasteiger partial charge is 0.417 e. The molecule has 3 aromatic rings. The predicted molar refractivity (Wildman–Crippen MR) is 109 cm³/mol. The summed E-state index contributed by atoms with van der Waals surface area (Å²) in [5, 5.41) is 12.4. The fourth-order valence-corrected chi connectivity index (χ4v) is 3.78. The van der Waals surface area contributed by atoms with Crippen molar-refractivity contribution in [3.05, 3.63) is 77.6 Å². The average molecular weight is 428 g/mol. The van der Waals surface area contributed by atoms with Crippen molar-refractivity contribution >= 4 is 11.7 Å². The van der Waals surface area contributed by atoms with Crippen molar-refractivity contribution in [1.82, 2.24) is 4.98 Å².